The van der Waals surface area contributed by atoms with E-state index in [1.807, 2.05) is 12.3 Å². The monoisotopic (exact) mass is 205 g/mol. The molecular formula is C12H19N3. The van der Waals surface area contributed by atoms with E-state index >= 15 is 0 Å². The lowest BCUT2D eigenvalue weighted by atomic mass is 10.2. The van der Waals surface area contributed by atoms with Gasteiger partial charge in [-0.2, -0.15) is 0 Å². The lowest BCUT2D eigenvalue weighted by Gasteiger charge is -2.24. The second-order valence-electron chi connectivity index (χ2n) is 4.05. The Hall–Kier alpha value is -0.930. The second kappa shape index (κ2) is 5.83. The van der Waals surface area contributed by atoms with E-state index in [2.05, 4.69) is 27.3 Å². The Kier molecular flexibility index (Phi) is 4.11. The molecule has 1 fully saturated rings. The normalized spacial score (nSPS) is 19.5. The van der Waals surface area contributed by atoms with Gasteiger partial charge >= 0.3 is 0 Å². The molecule has 1 aliphatic heterocycles. The van der Waals surface area contributed by atoms with Crippen LogP contribution in [0.3, 0.4) is 0 Å². The van der Waals surface area contributed by atoms with E-state index in [1.165, 1.54) is 31.6 Å². The predicted molar refractivity (Wildman–Crippen MR) is 61.6 cm³/mol. The Morgan fingerprint density at radius 2 is 2.20 bits per heavy atom. The highest BCUT2D eigenvalue weighted by atomic mass is 15.1. The third kappa shape index (κ3) is 3.61. The fourth-order valence-electron chi connectivity index (χ4n) is 1.94. The molecule has 0 atom stereocenters. The molecule has 0 aromatic carbocycles. The summed E-state index contributed by atoms with van der Waals surface area (Å²) in [5.41, 5.74) is 1.18. The van der Waals surface area contributed by atoms with Crippen molar-refractivity contribution in [2.24, 2.45) is 0 Å². The molecule has 15 heavy (non-hydrogen) atoms. The minimum atomic E-state index is 0.989. The van der Waals surface area contributed by atoms with Crippen molar-refractivity contribution >= 4 is 0 Å². The van der Waals surface area contributed by atoms with Crippen molar-refractivity contribution < 1.29 is 0 Å². The maximum absolute atomic E-state index is 4.36. The van der Waals surface area contributed by atoms with E-state index in [0.29, 0.717) is 0 Å². The first kappa shape index (κ1) is 10.6. The summed E-state index contributed by atoms with van der Waals surface area (Å²) in [6, 6.07) is 6.13. The van der Waals surface area contributed by atoms with Crippen LogP contribution >= 0.6 is 0 Å². The maximum atomic E-state index is 4.36. The summed E-state index contributed by atoms with van der Waals surface area (Å²) in [6.45, 7) is 5.61. The zero-order valence-electron chi connectivity index (χ0n) is 9.15. The molecule has 2 heterocycles. The Balaban J connectivity index is 1.86. The first-order valence-corrected chi connectivity index (χ1v) is 5.78. The van der Waals surface area contributed by atoms with Gasteiger partial charge in [-0.1, -0.05) is 6.07 Å². The topological polar surface area (TPSA) is 28.2 Å². The molecule has 0 saturated carbocycles. The highest BCUT2D eigenvalue weighted by Crippen LogP contribution is 2.04. The van der Waals surface area contributed by atoms with Crippen molar-refractivity contribution in [2.45, 2.75) is 19.4 Å². The van der Waals surface area contributed by atoms with Crippen LogP contribution in [0.25, 0.3) is 0 Å². The van der Waals surface area contributed by atoms with Crippen LogP contribution in [0.4, 0.5) is 0 Å². The summed E-state index contributed by atoms with van der Waals surface area (Å²) in [5.74, 6) is 0. The number of rotatable bonds is 2. The third-order valence-corrected chi connectivity index (χ3v) is 2.79. The van der Waals surface area contributed by atoms with Gasteiger partial charge in [0.1, 0.15) is 0 Å². The molecule has 0 unspecified atom stereocenters. The molecule has 1 aromatic rings. The minimum Gasteiger partial charge on any atom is -0.315 e. The molecule has 0 amide bonds. The van der Waals surface area contributed by atoms with Crippen LogP contribution in [0.1, 0.15) is 18.5 Å². The van der Waals surface area contributed by atoms with E-state index in [4.69, 9.17) is 0 Å². The number of aromatic nitrogens is 1. The maximum Gasteiger partial charge on any atom is 0.0543 e. The van der Waals surface area contributed by atoms with Crippen molar-refractivity contribution in [1.29, 1.82) is 0 Å². The van der Waals surface area contributed by atoms with Gasteiger partial charge < -0.3 is 5.32 Å². The van der Waals surface area contributed by atoms with Crippen molar-refractivity contribution in [2.75, 3.05) is 26.2 Å². The molecule has 0 aliphatic carbocycles. The summed E-state index contributed by atoms with van der Waals surface area (Å²) < 4.78 is 0. The third-order valence-electron chi connectivity index (χ3n) is 2.79. The molecule has 3 nitrogen and oxygen atoms in total. The first-order chi connectivity index (χ1) is 7.45. The standard InChI is InChI=1S/C12H19N3/c1-2-7-14-12(5-1)11-15-9-4-3-6-13-8-10-15/h1-2,5,7,13H,3-4,6,8-11H2. The molecule has 0 radical (unpaired) electrons. The second-order valence-corrected chi connectivity index (χ2v) is 4.05. The number of nitrogens with one attached hydrogen (secondary N) is 1. The SMILES string of the molecule is c1ccc(CN2CCCCNCC2)nc1. The Morgan fingerprint density at radius 3 is 3.07 bits per heavy atom. The van der Waals surface area contributed by atoms with Gasteiger partial charge in [-0.05, 0) is 38.1 Å². The molecular weight excluding hydrogens is 186 g/mol. The molecule has 3 heteroatoms. The van der Waals surface area contributed by atoms with Gasteiger partial charge in [0.15, 0.2) is 0 Å². The van der Waals surface area contributed by atoms with Crippen LogP contribution in [-0.2, 0) is 6.54 Å². The van der Waals surface area contributed by atoms with Crippen LogP contribution in [0.15, 0.2) is 24.4 Å². The summed E-state index contributed by atoms with van der Waals surface area (Å²) in [4.78, 5) is 6.85. The zero-order chi connectivity index (χ0) is 10.3. The van der Waals surface area contributed by atoms with Crippen LogP contribution < -0.4 is 5.32 Å². The lowest BCUT2D eigenvalue weighted by molar-refractivity contribution is 0.244. The highest BCUT2D eigenvalue weighted by molar-refractivity contribution is 5.03. The summed E-state index contributed by atoms with van der Waals surface area (Å²) in [7, 11) is 0. The number of hydrogen-bond donors (Lipinski definition) is 1. The Bertz CT molecular complexity index is 265. The molecule has 0 bridgehead atoms. The number of nitrogens with zero attached hydrogens (tertiary/aromatic N) is 2. The zero-order valence-corrected chi connectivity index (χ0v) is 9.15. The van der Waals surface area contributed by atoms with E-state index in [9.17, 15) is 0 Å². The average molecular weight is 205 g/mol. The van der Waals surface area contributed by atoms with E-state index in [1.54, 1.807) is 0 Å². The van der Waals surface area contributed by atoms with Crippen LogP contribution in [0.2, 0.25) is 0 Å². The molecule has 1 saturated heterocycles. The fraction of sp³-hybridized carbons (Fsp3) is 0.583. The molecule has 1 aromatic heterocycles. The highest BCUT2D eigenvalue weighted by Gasteiger charge is 2.08. The molecule has 0 spiro atoms. The van der Waals surface area contributed by atoms with Gasteiger partial charge in [-0.15, -0.1) is 0 Å². The van der Waals surface area contributed by atoms with E-state index in [-0.39, 0.29) is 0 Å². The lowest BCUT2D eigenvalue weighted by Crippen LogP contribution is -2.35. The van der Waals surface area contributed by atoms with Gasteiger partial charge in [0.2, 0.25) is 0 Å². The van der Waals surface area contributed by atoms with Gasteiger partial charge in [-0.25, -0.2) is 0 Å². The Morgan fingerprint density at radius 1 is 1.20 bits per heavy atom. The van der Waals surface area contributed by atoms with Crippen LogP contribution in [-0.4, -0.2) is 36.1 Å². The number of pyridine rings is 1. The van der Waals surface area contributed by atoms with Gasteiger partial charge in [-0.3, -0.25) is 9.88 Å². The molecule has 1 aliphatic rings. The smallest absolute Gasteiger partial charge is 0.0543 e. The summed E-state index contributed by atoms with van der Waals surface area (Å²) >= 11 is 0. The van der Waals surface area contributed by atoms with Crippen molar-refractivity contribution in [3.8, 4) is 0 Å². The van der Waals surface area contributed by atoms with Gasteiger partial charge in [0, 0.05) is 25.8 Å². The average Bonchev–Trinajstić information content (AvgIpc) is 2.23. The predicted octanol–water partition coefficient (Wildman–Crippen LogP) is 1.27. The van der Waals surface area contributed by atoms with Gasteiger partial charge in [0.25, 0.3) is 0 Å². The summed E-state index contributed by atoms with van der Waals surface area (Å²) in [6.07, 6.45) is 4.45. The van der Waals surface area contributed by atoms with Crippen LogP contribution in [0, 0.1) is 0 Å². The first-order valence-electron chi connectivity index (χ1n) is 5.78. The van der Waals surface area contributed by atoms with Crippen molar-refractivity contribution in [1.82, 2.24) is 15.2 Å². The molecule has 1 N–H and O–H groups in total. The van der Waals surface area contributed by atoms with E-state index < -0.39 is 0 Å². The van der Waals surface area contributed by atoms with Crippen LogP contribution in [0.5, 0.6) is 0 Å². The quantitative estimate of drug-likeness (QED) is 0.788. The summed E-state index contributed by atoms with van der Waals surface area (Å²) in [5, 5.41) is 3.44. The number of hydrogen-bond acceptors (Lipinski definition) is 3. The van der Waals surface area contributed by atoms with Crippen molar-refractivity contribution in [3.63, 3.8) is 0 Å². The van der Waals surface area contributed by atoms with E-state index in [0.717, 1.165) is 19.6 Å². The van der Waals surface area contributed by atoms with Crippen molar-refractivity contribution in [3.05, 3.63) is 30.1 Å². The minimum absolute atomic E-state index is 0.989. The largest absolute Gasteiger partial charge is 0.315 e. The molecule has 82 valence electrons. The fourth-order valence-corrected chi connectivity index (χ4v) is 1.94. The Labute approximate surface area is 91.5 Å². The molecule has 2 rings (SSSR count). The van der Waals surface area contributed by atoms with Gasteiger partial charge in [0.05, 0.1) is 5.69 Å².